The summed E-state index contributed by atoms with van der Waals surface area (Å²) in [6.45, 7) is 0.577. The van der Waals surface area contributed by atoms with Crippen LogP contribution in [0.1, 0.15) is 36.0 Å². The number of carboxylic acid groups (broad SMARTS) is 1. The summed E-state index contributed by atoms with van der Waals surface area (Å²) in [6, 6.07) is 3.73. The van der Waals surface area contributed by atoms with Gasteiger partial charge in [-0.1, -0.05) is 11.6 Å². The van der Waals surface area contributed by atoms with Crippen LogP contribution < -0.4 is 5.32 Å². The predicted octanol–water partition coefficient (Wildman–Crippen LogP) is 3.21. The average molecular weight is 276 g/mol. The average Bonchev–Trinajstić information content (AvgIpc) is 2.91. The Bertz CT molecular complexity index is 566. The van der Waals surface area contributed by atoms with Crippen LogP contribution in [0.2, 0.25) is 0 Å². The number of carboxylic acids is 1. The number of nitro benzene ring substituents is 1. The number of nitrogens with zero attached hydrogens (tertiary/aromatic N) is 1. The maximum absolute atomic E-state index is 11.1. The second kappa shape index (κ2) is 6.18. The zero-order valence-electron chi connectivity index (χ0n) is 11.0. The fourth-order valence-electron chi connectivity index (χ4n) is 2.30. The Hall–Kier alpha value is -2.37. The molecule has 0 aromatic heterocycles. The van der Waals surface area contributed by atoms with Gasteiger partial charge in [-0.15, -0.1) is 0 Å². The van der Waals surface area contributed by atoms with Crippen LogP contribution in [0.5, 0.6) is 0 Å². The Morgan fingerprint density at radius 2 is 2.25 bits per heavy atom. The molecule has 0 unspecified atom stereocenters. The highest BCUT2D eigenvalue weighted by molar-refractivity contribution is 5.94. The summed E-state index contributed by atoms with van der Waals surface area (Å²) >= 11 is 0. The minimum atomic E-state index is -1.09. The van der Waals surface area contributed by atoms with Gasteiger partial charge < -0.3 is 10.4 Å². The third kappa shape index (κ3) is 3.34. The standard InChI is InChI=1S/C14H16N2O4/c17-14(18)12-6-5-11(16(19)20)9-13(12)15-8-7-10-3-1-2-4-10/h3,5-6,9,15H,1-2,4,7-8H2,(H,17,18). The summed E-state index contributed by atoms with van der Waals surface area (Å²) < 4.78 is 0. The molecule has 1 aromatic carbocycles. The molecule has 0 saturated heterocycles. The van der Waals surface area contributed by atoms with E-state index in [1.165, 1.54) is 30.2 Å². The van der Waals surface area contributed by atoms with Gasteiger partial charge in [0.05, 0.1) is 16.2 Å². The predicted molar refractivity (Wildman–Crippen MR) is 75.1 cm³/mol. The van der Waals surface area contributed by atoms with Crippen LogP contribution in [-0.2, 0) is 0 Å². The van der Waals surface area contributed by atoms with E-state index in [4.69, 9.17) is 5.11 Å². The molecule has 0 spiro atoms. The second-order valence-corrected chi connectivity index (χ2v) is 4.72. The van der Waals surface area contributed by atoms with Gasteiger partial charge in [0.25, 0.3) is 5.69 Å². The lowest BCUT2D eigenvalue weighted by molar-refractivity contribution is -0.384. The Kier molecular flexibility index (Phi) is 4.34. The molecule has 2 rings (SSSR count). The zero-order chi connectivity index (χ0) is 14.5. The van der Waals surface area contributed by atoms with Crippen molar-refractivity contribution < 1.29 is 14.8 Å². The van der Waals surface area contributed by atoms with Gasteiger partial charge in [0.15, 0.2) is 0 Å². The largest absolute Gasteiger partial charge is 0.478 e. The Morgan fingerprint density at radius 3 is 2.85 bits per heavy atom. The summed E-state index contributed by atoms with van der Waals surface area (Å²) in [4.78, 5) is 21.3. The van der Waals surface area contributed by atoms with Gasteiger partial charge in [-0.3, -0.25) is 10.1 Å². The molecule has 0 aliphatic heterocycles. The Labute approximate surface area is 116 Å². The van der Waals surface area contributed by atoms with Gasteiger partial charge in [0.1, 0.15) is 0 Å². The van der Waals surface area contributed by atoms with Crippen LogP contribution in [0.4, 0.5) is 11.4 Å². The van der Waals surface area contributed by atoms with Gasteiger partial charge >= 0.3 is 5.97 Å². The van der Waals surface area contributed by atoms with Gasteiger partial charge in [0.2, 0.25) is 0 Å². The first-order valence-electron chi connectivity index (χ1n) is 6.51. The van der Waals surface area contributed by atoms with Gasteiger partial charge in [-0.2, -0.15) is 0 Å². The van der Waals surface area contributed by atoms with Crippen molar-refractivity contribution in [3.8, 4) is 0 Å². The lowest BCUT2D eigenvalue weighted by atomic mass is 10.1. The number of allylic oxidation sites excluding steroid dienone is 1. The van der Waals surface area contributed by atoms with E-state index in [1.54, 1.807) is 0 Å². The van der Waals surface area contributed by atoms with Gasteiger partial charge in [-0.25, -0.2) is 4.79 Å². The van der Waals surface area contributed by atoms with Crippen LogP contribution in [0, 0.1) is 10.1 Å². The third-order valence-electron chi connectivity index (χ3n) is 3.34. The molecule has 0 atom stereocenters. The maximum atomic E-state index is 11.1. The quantitative estimate of drug-likeness (QED) is 0.473. The molecule has 20 heavy (non-hydrogen) atoms. The van der Waals surface area contributed by atoms with E-state index in [2.05, 4.69) is 11.4 Å². The number of nitro groups is 1. The molecule has 2 N–H and O–H groups in total. The molecule has 0 heterocycles. The second-order valence-electron chi connectivity index (χ2n) is 4.72. The van der Waals surface area contributed by atoms with Crippen molar-refractivity contribution in [2.24, 2.45) is 0 Å². The molecule has 0 amide bonds. The van der Waals surface area contributed by atoms with Gasteiger partial charge in [-0.05, 0) is 31.7 Å². The van der Waals surface area contributed by atoms with Crippen LogP contribution >= 0.6 is 0 Å². The number of nitrogens with one attached hydrogen (secondary N) is 1. The molecule has 106 valence electrons. The molecule has 6 heteroatoms. The number of aromatic carboxylic acids is 1. The van der Waals surface area contributed by atoms with E-state index >= 15 is 0 Å². The molecule has 0 bridgehead atoms. The van der Waals surface area contributed by atoms with E-state index < -0.39 is 10.9 Å². The van der Waals surface area contributed by atoms with Crippen LogP contribution in [0.3, 0.4) is 0 Å². The number of non-ortho nitro benzene ring substituents is 1. The number of carbonyl (C=O) groups is 1. The highest BCUT2D eigenvalue weighted by Crippen LogP contribution is 2.24. The molecule has 0 fully saturated rings. The molecule has 0 saturated carbocycles. The van der Waals surface area contributed by atoms with Crippen LogP contribution in [0.25, 0.3) is 0 Å². The minimum Gasteiger partial charge on any atom is -0.478 e. The third-order valence-corrected chi connectivity index (χ3v) is 3.34. The topological polar surface area (TPSA) is 92.5 Å². The molecule has 1 aromatic rings. The van der Waals surface area contributed by atoms with Crippen molar-refractivity contribution in [3.05, 3.63) is 45.5 Å². The molecule has 0 radical (unpaired) electrons. The van der Waals surface area contributed by atoms with Crippen molar-refractivity contribution in [1.29, 1.82) is 0 Å². The molecule has 1 aliphatic rings. The summed E-state index contributed by atoms with van der Waals surface area (Å²) in [5.74, 6) is -1.09. The Balaban J connectivity index is 2.08. The fourth-order valence-corrected chi connectivity index (χ4v) is 2.30. The number of rotatable bonds is 6. The van der Waals surface area contributed by atoms with Crippen molar-refractivity contribution >= 4 is 17.3 Å². The van der Waals surface area contributed by atoms with Crippen molar-refractivity contribution in [2.45, 2.75) is 25.7 Å². The lowest BCUT2D eigenvalue weighted by Crippen LogP contribution is -2.08. The lowest BCUT2D eigenvalue weighted by Gasteiger charge is -2.10. The minimum absolute atomic E-state index is 0.0519. The molecule has 1 aliphatic carbocycles. The zero-order valence-corrected chi connectivity index (χ0v) is 11.0. The van der Waals surface area contributed by atoms with Gasteiger partial charge in [0, 0.05) is 18.7 Å². The summed E-state index contributed by atoms with van der Waals surface area (Å²) in [7, 11) is 0. The smallest absolute Gasteiger partial charge is 0.337 e. The van der Waals surface area contributed by atoms with E-state index in [1.807, 2.05) is 0 Å². The van der Waals surface area contributed by atoms with E-state index in [-0.39, 0.29) is 11.3 Å². The highest BCUT2D eigenvalue weighted by Gasteiger charge is 2.15. The first kappa shape index (κ1) is 14.0. The number of hydrogen-bond acceptors (Lipinski definition) is 4. The summed E-state index contributed by atoms with van der Waals surface area (Å²) in [5, 5.41) is 22.8. The molecule has 6 nitrogen and oxygen atoms in total. The first-order chi connectivity index (χ1) is 9.58. The SMILES string of the molecule is O=C(O)c1ccc([N+](=O)[O-])cc1NCCC1=CCCC1. The molecular weight excluding hydrogens is 260 g/mol. The van der Waals surface area contributed by atoms with Crippen LogP contribution in [0.15, 0.2) is 29.8 Å². The number of anilines is 1. The van der Waals surface area contributed by atoms with E-state index in [0.29, 0.717) is 12.2 Å². The summed E-state index contributed by atoms with van der Waals surface area (Å²) in [5.41, 5.74) is 1.60. The van der Waals surface area contributed by atoms with Crippen LogP contribution in [-0.4, -0.2) is 22.5 Å². The normalized spacial score (nSPS) is 13.9. The number of hydrogen-bond donors (Lipinski definition) is 2. The fraction of sp³-hybridized carbons (Fsp3) is 0.357. The van der Waals surface area contributed by atoms with Crippen molar-refractivity contribution in [1.82, 2.24) is 0 Å². The van der Waals surface area contributed by atoms with E-state index in [9.17, 15) is 14.9 Å². The molecular formula is C14H16N2O4. The Morgan fingerprint density at radius 1 is 1.45 bits per heavy atom. The van der Waals surface area contributed by atoms with Crippen molar-refractivity contribution in [2.75, 3.05) is 11.9 Å². The highest BCUT2D eigenvalue weighted by atomic mass is 16.6. The maximum Gasteiger partial charge on any atom is 0.337 e. The first-order valence-corrected chi connectivity index (χ1v) is 6.51. The van der Waals surface area contributed by atoms with E-state index in [0.717, 1.165) is 19.3 Å². The summed E-state index contributed by atoms with van der Waals surface area (Å²) in [6.07, 6.45) is 6.40. The van der Waals surface area contributed by atoms with Crippen molar-refractivity contribution in [3.63, 3.8) is 0 Å². The monoisotopic (exact) mass is 276 g/mol. The number of benzene rings is 1.